The van der Waals surface area contributed by atoms with Crippen molar-refractivity contribution in [3.63, 3.8) is 0 Å². The third-order valence-electron chi connectivity index (χ3n) is 4.34. The lowest BCUT2D eigenvalue weighted by atomic mass is 9.89. The molecule has 0 aromatic carbocycles. The molecule has 2 rings (SSSR count). The molecule has 0 aliphatic carbocycles. The number of rotatable bonds is 2. The van der Waals surface area contributed by atoms with Gasteiger partial charge in [0.05, 0.1) is 16.0 Å². The molecule has 0 N–H and O–H groups in total. The lowest BCUT2D eigenvalue weighted by molar-refractivity contribution is 0.00578. The fraction of sp³-hybridized carbons (Fsp3) is 0.737. The van der Waals surface area contributed by atoms with Crippen LogP contribution in [0.15, 0.2) is 6.20 Å². The Morgan fingerprint density at radius 1 is 0.966 bits per heavy atom. The van der Waals surface area contributed by atoms with Gasteiger partial charge in [0.15, 0.2) is 0 Å². The van der Waals surface area contributed by atoms with Gasteiger partial charge < -0.3 is 18.8 Å². The molecular weight excluding hydrogens is 395 g/mol. The monoisotopic (exact) mass is 426 g/mol. The summed E-state index contributed by atoms with van der Waals surface area (Å²) in [6, 6.07) is 0. The second-order valence-electron chi connectivity index (χ2n) is 9.93. The molecule has 0 saturated carbocycles. The Hall–Kier alpha value is -1.65. The van der Waals surface area contributed by atoms with Gasteiger partial charge in [-0.15, -0.1) is 11.3 Å². The van der Waals surface area contributed by atoms with Crippen molar-refractivity contribution in [1.82, 2.24) is 4.98 Å². The van der Waals surface area contributed by atoms with Crippen molar-refractivity contribution < 1.29 is 28.4 Å². The number of carbonyl (C=O) groups is 2. The molecule has 10 heteroatoms. The molecule has 2 amide bonds. The highest BCUT2D eigenvalue weighted by Crippen LogP contribution is 2.37. The van der Waals surface area contributed by atoms with Gasteiger partial charge in [0.2, 0.25) is 5.13 Å². The summed E-state index contributed by atoms with van der Waals surface area (Å²) < 4.78 is 23.4. The van der Waals surface area contributed by atoms with E-state index in [1.165, 1.54) is 6.20 Å². The summed E-state index contributed by atoms with van der Waals surface area (Å²) >= 11 is 1.11. The van der Waals surface area contributed by atoms with Crippen molar-refractivity contribution in [3.8, 4) is 0 Å². The third kappa shape index (κ3) is 5.70. The maximum absolute atomic E-state index is 12.7. The summed E-state index contributed by atoms with van der Waals surface area (Å²) in [6.07, 6.45) is -0.188. The Bertz CT molecular complexity index is 734. The number of amides is 2. The third-order valence-corrected chi connectivity index (χ3v) is 5.34. The highest BCUT2D eigenvalue weighted by molar-refractivity contribution is 7.25. The van der Waals surface area contributed by atoms with Crippen molar-refractivity contribution >= 4 is 40.5 Å². The quantitative estimate of drug-likeness (QED) is 0.658. The number of imide groups is 1. The van der Waals surface area contributed by atoms with E-state index < -0.39 is 41.7 Å². The fourth-order valence-corrected chi connectivity index (χ4v) is 3.15. The maximum atomic E-state index is 12.7. The molecule has 2 heterocycles. The molecule has 0 spiro atoms. The van der Waals surface area contributed by atoms with Gasteiger partial charge in [-0.25, -0.2) is 14.6 Å². The molecular formula is C19H31BN2O6S. The van der Waals surface area contributed by atoms with Gasteiger partial charge in [-0.1, -0.05) is 0 Å². The first-order valence-corrected chi connectivity index (χ1v) is 10.3. The summed E-state index contributed by atoms with van der Waals surface area (Å²) in [7, 11) is -0.648. The number of aromatic nitrogens is 1. The Kier molecular flexibility index (Phi) is 6.16. The number of thiazole rings is 1. The molecule has 8 nitrogen and oxygen atoms in total. The first kappa shape index (κ1) is 23.6. The van der Waals surface area contributed by atoms with E-state index in [-0.39, 0.29) is 5.13 Å². The van der Waals surface area contributed by atoms with Crippen molar-refractivity contribution in [2.24, 2.45) is 0 Å². The van der Waals surface area contributed by atoms with Crippen LogP contribution in [-0.2, 0) is 18.8 Å². The zero-order valence-corrected chi connectivity index (χ0v) is 19.7. The minimum atomic E-state index is -0.860. The Balaban J connectivity index is 2.33. The van der Waals surface area contributed by atoms with Crippen molar-refractivity contribution in [1.29, 1.82) is 0 Å². The van der Waals surface area contributed by atoms with Crippen LogP contribution in [0.3, 0.4) is 0 Å². The number of carbonyl (C=O) groups excluding carboxylic acids is 2. The van der Waals surface area contributed by atoms with Crippen LogP contribution in [0.1, 0.15) is 69.2 Å². The first-order valence-electron chi connectivity index (χ1n) is 9.49. The molecule has 0 radical (unpaired) electrons. The van der Waals surface area contributed by atoms with Crippen LogP contribution in [0.4, 0.5) is 14.7 Å². The molecule has 0 atom stereocenters. The van der Waals surface area contributed by atoms with Gasteiger partial charge in [-0.2, -0.15) is 4.90 Å². The predicted octanol–water partition coefficient (Wildman–Crippen LogP) is 4.12. The predicted molar refractivity (Wildman–Crippen MR) is 113 cm³/mol. The van der Waals surface area contributed by atoms with Crippen LogP contribution in [0.25, 0.3) is 0 Å². The molecule has 0 unspecified atom stereocenters. The topological polar surface area (TPSA) is 87.2 Å². The van der Waals surface area contributed by atoms with Crippen LogP contribution in [-0.4, -0.2) is 46.7 Å². The second kappa shape index (κ2) is 7.56. The summed E-state index contributed by atoms with van der Waals surface area (Å²) in [6.45, 7) is 18.1. The molecule has 29 heavy (non-hydrogen) atoms. The minimum Gasteiger partial charge on any atom is -0.443 e. The molecule has 0 bridgehead atoms. The second-order valence-corrected chi connectivity index (χ2v) is 11.0. The van der Waals surface area contributed by atoms with E-state index in [2.05, 4.69) is 4.98 Å². The average molecular weight is 426 g/mol. The van der Waals surface area contributed by atoms with Crippen LogP contribution in [0.2, 0.25) is 0 Å². The van der Waals surface area contributed by atoms with E-state index in [0.717, 1.165) is 16.2 Å². The first-order chi connectivity index (χ1) is 12.9. The van der Waals surface area contributed by atoms with Crippen molar-refractivity contribution in [2.45, 2.75) is 91.6 Å². The van der Waals surface area contributed by atoms with Gasteiger partial charge in [0.1, 0.15) is 11.2 Å². The Morgan fingerprint density at radius 3 is 1.76 bits per heavy atom. The van der Waals surface area contributed by atoms with E-state index in [1.807, 2.05) is 27.7 Å². The Labute approximate surface area is 177 Å². The lowest BCUT2D eigenvalue weighted by Crippen LogP contribution is -2.43. The van der Waals surface area contributed by atoms with Crippen molar-refractivity contribution in [3.05, 3.63) is 6.20 Å². The number of hydrogen-bond acceptors (Lipinski definition) is 8. The molecule has 1 aromatic rings. The van der Waals surface area contributed by atoms with Crippen LogP contribution < -0.4 is 9.68 Å². The zero-order valence-electron chi connectivity index (χ0n) is 18.9. The Morgan fingerprint density at radius 2 is 1.38 bits per heavy atom. The van der Waals surface area contributed by atoms with E-state index >= 15 is 0 Å². The van der Waals surface area contributed by atoms with Gasteiger partial charge in [-0.3, -0.25) is 0 Å². The van der Waals surface area contributed by atoms with Gasteiger partial charge >= 0.3 is 19.3 Å². The van der Waals surface area contributed by atoms with Gasteiger partial charge in [0, 0.05) is 6.20 Å². The molecule has 1 aliphatic heterocycles. The molecule has 1 aromatic heterocycles. The highest BCUT2D eigenvalue weighted by atomic mass is 32.1. The lowest BCUT2D eigenvalue weighted by Gasteiger charge is -2.32. The number of nitrogens with zero attached hydrogens (tertiary/aromatic N) is 2. The van der Waals surface area contributed by atoms with Crippen LogP contribution in [0, 0.1) is 0 Å². The largest absolute Gasteiger partial charge is 0.507 e. The van der Waals surface area contributed by atoms with E-state index in [4.69, 9.17) is 18.8 Å². The summed E-state index contributed by atoms with van der Waals surface area (Å²) in [5, 5.41) is 0.123. The average Bonchev–Trinajstić information content (AvgIpc) is 2.98. The van der Waals surface area contributed by atoms with Crippen molar-refractivity contribution in [2.75, 3.05) is 4.90 Å². The molecule has 1 fully saturated rings. The summed E-state index contributed by atoms with van der Waals surface area (Å²) in [5.41, 5.74) is -2.61. The van der Waals surface area contributed by atoms with E-state index in [1.54, 1.807) is 41.5 Å². The van der Waals surface area contributed by atoms with Crippen LogP contribution >= 0.6 is 11.3 Å². The molecule has 1 saturated heterocycles. The minimum absolute atomic E-state index is 0.123. The van der Waals surface area contributed by atoms with E-state index in [0.29, 0.717) is 4.78 Å². The maximum Gasteiger partial charge on any atom is 0.507 e. The highest BCUT2D eigenvalue weighted by Gasteiger charge is 2.52. The number of hydrogen-bond donors (Lipinski definition) is 0. The molecule has 1 aliphatic rings. The number of anilines is 1. The zero-order chi connectivity index (χ0) is 22.4. The SMILES string of the molecule is CC(C)(C)OC(=O)N(C(=O)OC(C)(C)C)c1ncc(B2OC(C)(C)C(C)(C)O2)s1. The van der Waals surface area contributed by atoms with Gasteiger partial charge in [0.25, 0.3) is 0 Å². The fourth-order valence-electron chi connectivity index (χ4n) is 2.29. The summed E-state index contributed by atoms with van der Waals surface area (Å²) in [4.78, 5) is 30.5. The van der Waals surface area contributed by atoms with Crippen LogP contribution in [0.5, 0.6) is 0 Å². The molecule has 162 valence electrons. The smallest absolute Gasteiger partial charge is 0.443 e. The number of ether oxygens (including phenoxy) is 2. The summed E-state index contributed by atoms with van der Waals surface area (Å²) in [5.74, 6) is 0. The normalized spacial score (nSPS) is 18.5. The standard InChI is InChI=1S/C19H31BN2O6S/c1-16(2,3)25-14(23)22(15(24)26-17(4,5)6)13-21-11-12(29-13)20-27-18(7,8)19(9,10)28-20/h11H,1-10H3. The van der Waals surface area contributed by atoms with E-state index in [9.17, 15) is 9.59 Å². The van der Waals surface area contributed by atoms with Gasteiger partial charge in [-0.05, 0) is 69.2 Å².